The minimum absolute atomic E-state index is 0.0961. The van der Waals surface area contributed by atoms with Crippen molar-refractivity contribution in [2.75, 3.05) is 0 Å². The fourth-order valence-corrected chi connectivity index (χ4v) is 3.68. The third-order valence-electron chi connectivity index (χ3n) is 5.26. The van der Waals surface area contributed by atoms with Gasteiger partial charge in [-0.05, 0) is 42.7 Å². The highest BCUT2D eigenvalue weighted by Gasteiger charge is 2.30. The molecule has 6 heteroatoms. The highest BCUT2D eigenvalue weighted by molar-refractivity contribution is 5.85. The van der Waals surface area contributed by atoms with Crippen LogP contribution in [0.25, 0.3) is 0 Å². The van der Waals surface area contributed by atoms with E-state index in [4.69, 9.17) is 0 Å². The average molecular weight is 426 g/mol. The Morgan fingerprint density at radius 3 is 1.65 bits per heavy atom. The van der Waals surface area contributed by atoms with Crippen molar-refractivity contribution in [1.29, 1.82) is 0 Å². The minimum Gasteiger partial charge on any atom is -0.481 e. The maximum atomic E-state index is 13.1. The Balaban J connectivity index is 2.22. The zero-order valence-electron chi connectivity index (χ0n) is 18.0. The summed E-state index contributed by atoms with van der Waals surface area (Å²) in [6, 6.07) is 17.7. The first kappa shape index (κ1) is 24.1. The normalized spacial score (nSPS) is 13.9. The number of carboxylic acids is 2. The van der Waals surface area contributed by atoms with E-state index < -0.39 is 35.7 Å². The summed E-state index contributed by atoms with van der Waals surface area (Å²) in [6.45, 7) is 3.79. The van der Waals surface area contributed by atoms with Crippen LogP contribution in [0.15, 0.2) is 60.7 Å². The second-order valence-corrected chi connectivity index (χ2v) is 8.38. The first-order valence-corrected chi connectivity index (χ1v) is 10.6. The monoisotopic (exact) mass is 425 g/mol. The Hall–Kier alpha value is -3.15. The zero-order valence-corrected chi connectivity index (χ0v) is 18.0. The van der Waals surface area contributed by atoms with Gasteiger partial charge in [-0.1, -0.05) is 74.5 Å². The number of amides is 1. The number of carbonyl (C=O) groups excluding carboxylic acids is 1. The Morgan fingerprint density at radius 1 is 0.742 bits per heavy atom. The molecule has 0 fully saturated rings. The Kier molecular flexibility index (Phi) is 9.25. The second kappa shape index (κ2) is 11.9. The number of carbonyl (C=O) groups is 3. The summed E-state index contributed by atoms with van der Waals surface area (Å²) in [5.74, 6) is -3.78. The summed E-state index contributed by atoms with van der Waals surface area (Å²) in [5, 5.41) is 21.9. The predicted molar refractivity (Wildman–Crippen MR) is 119 cm³/mol. The number of rotatable bonds is 12. The summed E-state index contributed by atoms with van der Waals surface area (Å²) < 4.78 is 0. The van der Waals surface area contributed by atoms with Crippen molar-refractivity contribution in [3.05, 3.63) is 71.8 Å². The molecule has 2 rings (SSSR count). The van der Waals surface area contributed by atoms with E-state index in [0.717, 1.165) is 11.1 Å². The SMILES string of the molecule is CC(C)C[C@H](NC(=O)[C@H](Cc1ccccc1)C[C@@H](Cc1ccccc1)C(=O)O)C(=O)O. The van der Waals surface area contributed by atoms with Gasteiger partial charge in [0, 0.05) is 5.92 Å². The number of hydrogen-bond donors (Lipinski definition) is 3. The second-order valence-electron chi connectivity index (χ2n) is 8.38. The van der Waals surface area contributed by atoms with Crippen LogP contribution in [0.5, 0.6) is 0 Å². The molecule has 0 aliphatic rings. The van der Waals surface area contributed by atoms with Gasteiger partial charge in [0.2, 0.25) is 5.91 Å². The molecule has 3 atom stereocenters. The van der Waals surface area contributed by atoms with Gasteiger partial charge in [-0.15, -0.1) is 0 Å². The van der Waals surface area contributed by atoms with E-state index >= 15 is 0 Å². The van der Waals surface area contributed by atoms with Gasteiger partial charge in [0.05, 0.1) is 5.92 Å². The van der Waals surface area contributed by atoms with Crippen molar-refractivity contribution >= 4 is 17.8 Å². The highest BCUT2D eigenvalue weighted by Crippen LogP contribution is 2.22. The minimum atomic E-state index is -1.08. The molecule has 0 saturated heterocycles. The van der Waals surface area contributed by atoms with Gasteiger partial charge in [0.1, 0.15) is 6.04 Å². The van der Waals surface area contributed by atoms with Crippen LogP contribution in [0.2, 0.25) is 0 Å². The third kappa shape index (κ3) is 8.24. The van der Waals surface area contributed by atoms with Crippen molar-refractivity contribution in [3.63, 3.8) is 0 Å². The van der Waals surface area contributed by atoms with Gasteiger partial charge in [-0.2, -0.15) is 0 Å². The summed E-state index contributed by atoms with van der Waals surface area (Å²) in [6.07, 6.45) is 1.09. The molecule has 0 spiro atoms. The van der Waals surface area contributed by atoms with Crippen LogP contribution in [0.4, 0.5) is 0 Å². The zero-order chi connectivity index (χ0) is 22.8. The van der Waals surface area contributed by atoms with Crippen LogP contribution in [0, 0.1) is 17.8 Å². The molecule has 0 aliphatic heterocycles. The first-order chi connectivity index (χ1) is 14.8. The molecule has 3 N–H and O–H groups in total. The highest BCUT2D eigenvalue weighted by atomic mass is 16.4. The summed E-state index contributed by atoms with van der Waals surface area (Å²) in [5.41, 5.74) is 1.79. The standard InChI is InChI=1S/C25H31NO5/c1-17(2)13-22(25(30)31)26-23(27)20(14-18-9-5-3-6-10-18)16-21(24(28)29)15-19-11-7-4-8-12-19/h3-12,17,20-22H,13-16H2,1-2H3,(H,26,27)(H,28,29)(H,30,31)/t20-,21-,22+/m1/s1. The molecule has 6 nitrogen and oxygen atoms in total. The number of carboxylic acid groups (broad SMARTS) is 2. The van der Waals surface area contributed by atoms with E-state index in [9.17, 15) is 24.6 Å². The lowest BCUT2D eigenvalue weighted by atomic mass is 9.85. The van der Waals surface area contributed by atoms with E-state index in [2.05, 4.69) is 5.32 Å². The van der Waals surface area contributed by atoms with E-state index in [1.165, 1.54) is 0 Å². The summed E-state index contributed by atoms with van der Waals surface area (Å²) >= 11 is 0. The smallest absolute Gasteiger partial charge is 0.326 e. The van der Waals surface area contributed by atoms with Crippen LogP contribution in [0.1, 0.15) is 37.8 Å². The van der Waals surface area contributed by atoms with Crippen LogP contribution >= 0.6 is 0 Å². The predicted octanol–water partition coefficient (Wildman–Crippen LogP) is 3.79. The van der Waals surface area contributed by atoms with E-state index in [1.54, 1.807) is 0 Å². The number of nitrogens with one attached hydrogen (secondary N) is 1. The van der Waals surface area contributed by atoms with Crippen molar-refractivity contribution < 1.29 is 24.6 Å². The van der Waals surface area contributed by atoms with Gasteiger partial charge in [0.25, 0.3) is 0 Å². The third-order valence-corrected chi connectivity index (χ3v) is 5.26. The van der Waals surface area contributed by atoms with Crippen molar-refractivity contribution in [3.8, 4) is 0 Å². The summed E-state index contributed by atoms with van der Waals surface area (Å²) in [7, 11) is 0. The van der Waals surface area contributed by atoms with Gasteiger partial charge >= 0.3 is 11.9 Å². The molecule has 0 aromatic heterocycles. The number of benzene rings is 2. The Morgan fingerprint density at radius 2 is 1.23 bits per heavy atom. The maximum absolute atomic E-state index is 13.1. The topological polar surface area (TPSA) is 104 Å². The molecule has 31 heavy (non-hydrogen) atoms. The number of aliphatic carboxylic acids is 2. The lowest BCUT2D eigenvalue weighted by Crippen LogP contribution is -2.45. The quantitative estimate of drug-likeness (QED) is 0.480. The van der Waals surface area contributed by atoms with Gasteiger partial charge in [-0.3, -0.25) is 9.59 Å². The van der Waals surface area contributed by atoms with Crippen molar-refractivity contribution in [2.24, 2.45) is 17.8 Å². The molecule has 2 aromatic rings. The Labute approximate surface area is 183 Å². The molecule has 166 valence electrons. The number of hydrogen-bond acceptors (Lipinski definition) is 3. The molecule has 0 bridgehead atoms. The molecular formula is C25H31NO5. The fraction of sp³-hybridized carbons (Fsp3) is 0.400. The molecule has 1 amide bonds. The van der Waals surface area contributed by atoms with E-state index in [1.807, 2.05) is 74.5 Å². The van der Waals surface area contributed by atoms with Gasteiger partial charge < -0.3 is 15.5 Å². The van der Waals surface area contributed by atoms with Crippen LogP contribution in [-0.2, 0) is 27.2 Å². The van der Waals surface area contributed by atoms with Gasteiger partial charge in [-0.25, -0.2) is 4.79 Å². The maximum Gasteiger partial charge on any atom is 0.326 e. The molecule has 0 aliphatic carbocycles. The van der Waals surface area contributed by atoms with Crippen LogP contribution in [-0.4, -0.2) is 34.1 Å². The van der Waals surface area contributed by atoms with Crippen molar-refractivity contribution in [2.45, 2.75) is 45.6 Å². The molecule has 0 heterocycles. The molecular weight excluding hydrogens is 394 g/mol. The van der Waals surface area contributed by atoms with Crippen molar-refractivity contribution in [1.82, 2.24) is 5.32 Å². The molecule has 0 radical (unpaired) electrons. The molecule has 0 unspecified atom stereocenters. The first-order valence-electron chi connectivity index (χ1n) is 10.6. The fourth-order valence-electron chi connectivity index (χ4n) is 3.68. The van der Waals surface area contributed by atoms with Crippen LogP contribution in [0.3, 0.4) is 0 Å². The summed E-state index contributed by atoms with van der Waals surface area (Å²) in [4.78, 5) is 36.7. The average Bonchev–Trinajstić information content (AvgIpc) is 2.73. The van der Waals surface area contributed by atoms with Crippen LogP contribution < -0.4 is 5.32 Å². The molecule has 2 aromatic carbocycles. The van der Waals surface area contributed by atoms with E-state index in [0.29, 0.717) is 19.3 Å². The largest absolute Gasteiger partial charge is 0.481 e. The van der Waals surface area contributed by atoms with Gasteiger partial charge in [0.15, 0.2) is 0 Å². The lowest BCUT2D eigenvalue weighted by Gasteiger charge is -2.24. The lowest BCUT2D eigenvalue weighted by molar-refractivity contribution is -0.145. The Bertz CT molecular complexity index is 851. The molecule has 0 saturated carbocycles. The van der Waals surface area contributed by atoms with E-state index in [-0.39, 0.29) is 12.3 Å².